The van der Waals surface area contributed by atoms with Gasteiger partial charge in [0, 0.05) is 22.1 Å². The molecule has 1 aromatic heterocycles. The van der Waals surface area contributed by atoms with Gasteiger partial charge in [-0.25, -0.2) is 9.97 Å². The minimum absolute atomic E-state index is 0.0939. The van der Waals surface area contributed by atoms with Crippen molar-refractivity contribution in [2.45, 2.75) is 19.3 Å². The Morgan fingerprint density at radius 3 is 1.68 bits per heavy atom. The molecule has 2 nitrogen and oxygen atoms in total. The van der Waals surface area contributed by atoms with Gasteiger partial charge in [0.2, 0.25) is 0 Å². The predicted molar refractivity (Wildman–Crippen MR) is 239 cm³/mol. The second kappa shape index (κ2) is 13.0. The molecule has 0 unspecified atom stereocenters. The zero-order valence-electron chi connectivity index (χ0n) is 31.9. The Bertz CT molecular complexity index is 3210. The van der Waals surface area contributed by atoms with Crippen molar-refractivity contribution >= 4 is 32.3 Å². The third-order valence-corrected chi connectivity index (χ3v) is 12.1. The van der Waals surface area contributed by atoms with Crippen LogP contribution in [-0.2, 0) is 5.41 Å². The molecular weight excluding hydrogens is 689 g/mol. The van der Waals surface area contributed by atoms with Gasteiger partial charge in [-0.3, -0.25) is 0 Å². The number of hydrogen-bond acceptors (Lipinski definition) is 2. The Balaban J connectivity index is 1.09. The van der Waals surface area contributed by atoms with Gasteiger partial charge in [-0.2, -0.15) is 0 Å². The molecule has 1 aliphatic rings. The van der Waals surface area contributed by atoms with Crippen LogP contribution in [-0.4, -0.2) is 9.97 Å². The molecule has 0 bridgehead atoms. The fourth-order valence-corrected chi connectivity index (χ4v) is 9.40. The second-order valence-electron chi connectivity index (χ2n) is 15.7. The number of nitrogens with zero attached hydrogens (tertiary/aromatic N) is 2. The second-order valence-corrected chi connectivity index (χ2v) is 15.7. The van der Waals surface area contributed by atoms with Crippen LogP contribution in [0.25, 0.3) is 99.6 Å². The molecule has 0 fully saturated rings. The van der Waals surface area contributed by atoms with E-state index in [4.69, 9.17) is 9.97 Å². The highest BCUT2D eigenvalue weighted by Gasteiger charge is 2.37. The zero-order chi connectivity index (χ0) is 38.1. The lowest BCUT2D eigenvalue weighted by Gasteiger charge is -2.23. The van der Waals surface area contributed by atoms with Gasteiger partial charge in [0.15, 0.2) is 5.82 Å². The molecule has 11 rings (SSSR count). The first-order valence-corrected chi connectivity index (χ1v) is 19.7. The molecule has 9 aromatic carbocycles. The van der Waals surface area contributed by atoms with Crippen molar-refractivity contribution in [1.29, 1.82) is 0 Å². The first-order valence-electron chi connectivity index (χ1n) is 19.7. The van der Waals surface area contributed by atoms with Crippen LogP contribution in [0.3, 0.4) is 0 Å². The third kappa shape index (κ3) is 5.33. The number of hydrogen-bond donors (Lipinski definition) is 0. The van der Waals surface area contributed by atoms with Gasteiger partial charge in [0.25, 0.3) is 0 Å². The Morgan fingerprint density at radius 2 is 0.895 bits per heavy atom. The first kappa shape index (κ1) is 33.2. The summed E-state index contributed by atoms with van der Waals surface area (Å²) in [4.78, 5) is 10.6. The number of benzene rings is 9. The number of rotatable bonds is 5. The van der Waals surface area contributed by atoms with Gasteiger partial charge in [-0.1, -0.05) is 196 Å². The lowest BCUT2D eigenvalue weighted by Crippen LogP contribution is -2.15. The van der Waals surface area contributed by atoms with Crippen LogP contribution >= 0.6 is 0 Å². The van der Waals surface area contributed by atoms with E-state index in [2.05, 4.69) is 202 Å². The summed E-state index contributed by atoms with van der Waals surface area (Å²) in [6.45, 7) is 4.74. The molecule has 0 saturated carbocycles. The van der Waals surface area contributed by atoms with Gasteiger partial charge < -0.3 is 0 Å². The molecule has 0 spiro atoms. The van der Waals surface area contributed by atoms with Crippen LogP contribution < -0.4 is 0 Å². The van der Waals surface area contributed by atoms with Gasteiger partial charge in [-0.05, 0) is 89.0 Å². The van der Waals surface area contributed by atoms with Gasteiger partial charge >= 0.3 is 0 Å². The van der Waals surface area contributed by atoms with Crippen molar-refractivity contribution in [1.82, 2.24) is 9.97 Å². The molecule has 0 amide bonds. The minimum Gasteiger partial charge on any atom is -0.228 e. The molecule has 1 aliphatic carbocycles. The molecular formula is C55H38N2. The maximum atomic E-state index is 5.31. The van der Waals surface area contributed by atoms with E-state index in [-0.39, 0.29) is 5.41 Å². The molecule has 57 heavy (non-hydrogen) atoms. The molecule has 0 aliphatic heterocycles. The Hall–Kier alpha value is -7.16. The van der Waals surface area contributed by atoms with Crippen molar-refractivity contribution < 1.29 is 0 Å². The number of fused-ring (bicyclic) bond motifs is 7. The van der Waals surface area contributed by atoms with E-state index in [1.165, 1.54) is 65.9 Å². The van der Waals surface area contributed by atoms with E-state index in [1.54, 1.807) is 0 Å². The van der Waals surface area contributed by atoms with E-state index in [9.17, 15) is 0 Å². The van der Waals surface area contributed by atoms with Gasteiger partial charge in [0.1, 0.15) is 0 Å². The van der Waals surface area contributed by atoms with Crippen LogP contribution in [0, 0.1) is 0 Å². The van der Waals surface area contributed by atoms with Crippen molar-refractivity contribution in [3.05, 3.63) is 205 Å². The van der Waals surface area contributed by atoms with Crippen LogP contribution in [0.5, 0.6) is 0 Å². The smallest absolute Gasteiger partial charge is 0.160 e. The van der Waals surface area contributed by atoms with E-state index < -0.39 is 0 Å². The van der Waals surface area contributed by atoms with E-state index in [0.29, 0.717) is 5.82 Å². The predicted octanol–water partition coefficient (Wildman–Crippen LogP) is 14.6. The first-order chi connectivity index (χ1) is 28.0. The average Bonchev–Trinajstić information content (AvgIpc) is 3.51. The van der Waals surface area contributed by atoms with Crippen molar-refractivity contribution in [2.75, 3.05) is 0 Å². The monoisotopic (exact) mass is 726 g/mol. The van der Waals surface area contributed by atoms with Crippen LogP contribution in [0.4, 0.5) is 0 Å². The molecule has 0 N–H and O–H groups in total. The summed E-state index contributed by atoms with van der Waals surface area (Å²) in [6, 6.07) is 70.1. The molecule has 10 aromatic rings. The lowest BCUT2D eigenvalue weighted by atomic mass is 9.80. The Labute approximate surface area is 332 Å². The van der Waals surface area contributed by atoms with Crippen molar-refractivity contribution in [3.8, 4) is 67.3 Å². The van der Waals surface area contributed by atoms with Crippen molar-refractivity contribution in [3.63, 3.8) is 0 Å². The molecule has 2 heteroatoms. The molecule has 0 saturated heterocycles. The maximum Gasteiger partial charge on any atom is 0.160 e. The van der Waals surface area contributed by atoms with Gasteiger partial charge in [-0.15, -0.1) is 0 Å². The topological polar surface area (TPSA) is 25.8 Å². The Morgan fingerprint density at radius 1 is 0.333 bits per heavy atom. The summed E-state index contributed by atoms with van der Waals surface area (Å²) in [5, 5.41) is 7.43. The third-order valence-electron chi connectivity index (χ3n) is 12.1. The zero-order valence-corrected chi connectivity index (χ0v) is 31.9. The van der Waals surface area contributed by atoms with Crippen LogP contribution in [0.1, 0.15) is 25.0 Å². The summed E-state index contributed by atoms with van der Waals surface area (Å²) in [5.41, 5.74) is 15.0. The highest BCUT2D eigenvalue weighted by Crippen LogP contribution is 2.52. The summed E-state index contributed by atoms with van der Waals surface area (Å²) in [5.74, 6) is 0.705. The quantitative estimate of drug-likeness (QED) is 0.176. The molecule has 1 heterocycles. The molecule has 0 atom stereocenters. The van der Waals surface area contributed by atoms with Gasteiger partial charge in [0.05, 0.1) is 11.4 Å². The van der Waals surface area contributed by atoms with E-state index in [1.807, 2.05) is 6.07 Å². The molecule has 268 valence electrons. The van der Waals surface area contributed by atoms with E-state index >= 15 is 0 Å². The highest BCUT2D eigenvalue weighted by molar-refractivity contribution is 6.06. The lowest BCUT2D eigenvalue weighted by molar-refractivity contribution is 0.666. The fourth-order valence-electron chi connectivity index (χ4n) is 9.40. The summed E-state index contributed by atoms with van der Waals surface area (Å²) < 4.78 is 0. The largest absolute Gasteiger partial charge is 0.228 e. The summed E-state index contributed by atoms with van der Waals surface area (Å²) in [6.07, 6.45) is 0. The fraction of sp³-hybridized carbons (Fsp3) is 0.0545. The summed E-state index contributed by atoms with van der Waals surface area (Å²) in [7, 11) is 0. The Kier molecular flexibility index (Phi) is 7.55. The van der Waals surface area contributed by atoms with Crippen LogP contribution in [0.2, 0.25) is 0 Å². The summed E-state index contributed by atoms with van der Waals surface area (Å²) >= 11 is 0. The van der Waals surface area contributed by atoms with E-state index in [0.717, 1.165) is 39.0 Å². The minimum atomic E-state index is -0.0939. The maximum absolute atomic E-state index is 5.31. The SMILES string of the molecule is CC1(C)c2ccc(-c3ccc(-c4cc(-c5ccccc5-c5cccc6ccccc56)nc(-c5ccccc5)n4)c4ccccc34)cc2-c2ccc3ccccc3c21. The normalized spacial score (nSPS) is 12.9. The standard InChI is InChI=1S/C55H38N2/c1-55(2)50-32-28-38(33-49(50)48-29-27-36-16-7-9-21-41(36)53(48)55)40-30-31-47(45-24-11-10-22-42(40)45)52-34-51(56-54(57-52)37-17-4-3-5-18-37)46-25-13-12-23-44(46)43-26-14-19-35-15-6-8-20-39(35)43/h3-34H,1-2H3. The number of aromatic nitrogens is 2. The highest BCUT2D eigenvalue weighted by atomic mass is 14.9. The average molecular weight is 727 g/mol. The molecule has 0 radical (unpaired) electrons. The van der Waals surface area contributed by atoms with Crippen molar-refractivity contribution in [2.24, 2.45) is 0 Å². The van der Waals surface area contributed by atoms with Crippen LogP contribution in [0.15, 0.2) is 194 Å².